The Bertz CT molecular complexity index is 538. The number of hydrogen-bond acceptors (Lipinski definition) is 4. The summed E-state index contributed by atoms with van der Waals surface area (Å²) in [7, 11) is 0. The van der Waals surface area contributed by atoms with E-state index >= 15 is 0 Å². The van der Waals surface area contributed by atoms with Gasteiger partial charge in [0.25, 0.3) is 0 Å². The molecule has 1 aliphatic carbocycles. The molecule has 1 fully saturated rings. The van der Waals surface area contributed by atoms with Crippen LogP contribution in [-0.2, 0) is 11.2 Å². The minimum Gasteiger partial charge on any atom is -0.273 e. The summed E-state index contributed by atoms with van der Waals surface area (Å²) in [5, 5.41) is 7.14. The van der Waals surface area contributed by atoms with Crippen LogP contribution in [0.15, 0.2) is 10.5 Å². The molecule has 22 heavy (non-hydrogen) atoms. The van der Waals surface area contributed by atoms with Crippen molar-refractivity contribution in [1.82, 2.24) is 10.4 Å². The number of amides is 1. The van der Waals surface area contributed by atoms with Gasteiger partial charge in [-0.3, -0.25) is 4.79 Å². The summed E-state index contributed by atoms with van der Waals surface area (Å²) >= 11 is 1.52. The largest absolute Gasteiger partial charge is 0.273 e. The Morgan fingerprint density at radius 2 is 2.14 bits per heavy atom. The van der Waals surface area contributed by atoms with Crippen molar-refractivity contribution in [2.75, 3.05) is 0 Å². The number of rotatable bonds is 5. The van der Waals surface area contributed by atoms with Crippen molar-refractivity contribution in [3.63, 3.8) is 0 Å². The normalized spacial score (nSPS) is 19.1. The molecular formula is C17H27N3OS. The maximum Gasteiger partial charge on any atom is 0.246 e. The van der Waals surface area contributed by atoms with Crippen LogP contribution in [0.4, 0.5) is 0 Å². The van der Waals surface area contributed by atoms with E-state index in [9.17, 15) is 4.79 Å². The molecule has 1 aliphatic rings. The number of hydrogen-bond donors (Lipinski definition) is 1. The van der Waals surface area contributed by atoms with Crippen LogP contribution in [0.1, 0.15) is 63.6 Å². The zero-order chi connectivity index (χ0) is 16.2. The molecule has 0 spiro atoms. The van der Waals surface area contributed by atoms with Gasteiger partial charge in [0, 0.05) is 16.8 Å². The van der Waals surface area contributed by atoms with Crippen LogP contribution in [0.5, 0.6) is 0 Å². The molecule has 1 aromatic heterocycles. The second-order valence-corrected chi connectivity index (χ2v) is 7.83. The number of nitrogens with zero attached hydrogens (tertiary/aromatic N) is 2. The van der Waals surface area contributed by atoms with Gasteiger partial charge in [-0.1, -0.05) is 27.2 Å². The molecule has 5 heteroatoms. The monoisotopic (exact) mass is 321 g/mol. The van der Waals surface area contributed by atoms with Gasteiger partial charge in [0.05, 0.1) is 6.42 Å². The molecule has 0 saturated heterocycles. The summed E-state index contributed by atoms with van der Waals surface area (Å²) in [6.45, 7) is 8.92. The minimum absolute atomic E-state index is 0.0714. The predicted molar refractivity (Wildman–Crippen MR) is 92.2 cm³/mol. The first-order valence-corrected chi connectivity index (χ1v) is 9.04. The number of carbonyl (C=O) groups excluding carboxylic acids is 1. The molecule has 0 aromatic carbocycles. The van der Waals surface area contributed by atoms with Crippen molar-refractivity contribution in [3.05, 3.63) is 16.1 Å². The van der Waals surface area contributed by atoms with Crippen LogP contribution >= 0.6 is 11.3 Å². The van der Waals surface area contributed by atoms with Crippen LogP contribution < -0.4 is 5.43 Å². The van der Waals surface area contributed by atoms with Gasteiger partial charge in [0.2, 0.25) is 5.91 Å². The first-order chi connectivity index (χ1) is 10.4. The standard InChI is InChI=1S/C17H27N3OS/c1-5-17(3,4)13-6-8-14(9-7-13)19-20-15(21)10-16-18-12(2)11-22-16/h11,13H,5-10H2,1-4H3,(H,20,21). The highest BCUT2D eigenvalue weighted by atomic mass is 32.1. The van der Waals surface area contributed by atoms with Gasteiger partial charge >= 0.3 is 0 Å². The summed E-state index contributed by atoms with van der Waals surface area (Å²) in [5.41, 5.74) is 5.21. The molecular weight excluding hydrogens is 294 g/mol. The summed E-state index contributed by atoms with van der Waals surface area (Å²) in [4.78, 5) is 16.2. The summed E-state index contributed by atoms with van der Waals surface area (Å²) < 4.78 is 0. The third-order valence-electron chi connectivity index (χ3n) is 4.90. The fraction of sp³-hybridized carbons (Fsp3) is 0.706. The molecule has 1 N–H and O–H groups in total. The van der Waals surface area contributed by atoms with Crippen LogP contribution in [0, 0.1) is 18.3 Å². The van der Waals surface area contributed by atoms with E-state index in [0.29, 0.717) is 11.8 Å². The highest BCUT2D eigenvalue weighted by molar-refractivity contribution is 7.09. The molecule has 0 unspecified atom stereocenters. The average Bonchev–Trinajstić information content (AvgIpc) is 2.90. The fourth-order valence-electron chi connectivity index (χ4n) is 2.94. The van der Waals surface area contributed by atoms with E-state index in [1.165, 1.54) is 30.6 Å². The number of hydrazone groups is 1. The Balaban J connectivity index is 1.79. The minimum atomic E-state index is -0.0714. The molecule has 1 heterocycles. The summed E-state index contributed by atoms with van der Waals surface area (Å²) in [6.07, 6.45) is 5.91. The zero-order valence-corrected chi connectivity index (χ0v) is 14.9. The number of aromatic nitrogens is 1. The van der Waals surface area contributed by atoms with E-state index in [2.05, 4.69) is 36.3 Å². The highest BCUT2D eigenvalue weighted by Gasteiger charge is 2.30. The van der Waals surface area contributed by atoms with Gasteiger partial charge in [0.15, 0.2) is 0 Å². The Morgan fingerprint density at radius 1 is 1.45 bits per heavy atom. The molecule has 2 rings (SSSR count). The van der Waals surface area contributed by atoms with Gasteiger partial charge in [-0.2, -0.15) is 5.10 Å². The van der Waals surface area contributed by atoms with Crippen LogP contribution in [0.25, 0.3) is 0 Å². The van der Waals surface area contributed by atoms with E-state index in [4.69, 9.17) is 0 Å². The highest BCUT2D eigenvalue weighted by Crippen LogP contribution is 2.39. The molecule has 0 bridgehead atoms. The molecule has 1 saturated carbocycles. The smallest absolute Gasteiger partial charge is 0.246 e. The van der Waals surface area contributed by atoms with Crippen molar-refractivity contribution in [3.8, 4) is 0 Å². The SMILES string of the molecule is CCC(C)(C)C1CCC(=NNC(=O)Cc2nc(C)cs2)CC1. The molecule has 1 aromatic rings. The maximum atomic E-state index is 11.9. The Morgan fingerprint density at radius 3 is 2.68 bits per heavy atom. The topological polar surface area (TPSA) is 54.4 Å². The number of thiazole rings is 1. The van der Waals surface area contributed by atoms with Crippen molar-refractivity contribution in [2.45, 2.75) is 66.2 Å². The van der Waals surface area contributed by atoms with Gasteiger partial charge in [-0.05, 0) is 43.9 Å². The van der Waals surface area contributed by atoms with E-state index in [1.54, 1.807) is 0 Å². The molecule has 0 aliphatic heterocycles. The van der Waals surface area contributed by atoms with Gasteiger partial charge in [0.1, 0.15) is 5.01 Å². The van der Waals surface area contributed by atoms with Crippen molar-refractivity contribution in [1.29, 1.82) is 0 Å². The first-order valence-electron chi connectivity index (χ1n) is 8.16. The van der Waals surface area contributed by atoms with Crippen LogP contribution in [-0.4, -0.2) is 16.6 Å². The summed E-state index contributed by atoms with van der Waals surface area (Å²) in [6, 6.07) is 0. The maximum absolute atomic E-state index is 11.9. The lowest BCUT2D eigenvalue weighted by Crippen LogP contribution is -2.29. The zero-order valence-electron chi connectivity index (χ0n) is 14.1. The van der Waals surface area contributed by atoms with E-state index in [-0.39, 0.29) is 5.91 Å². The summed E-state index contributed by atoms with van der Waals surface area (Å²) in [5.74, 6) is 0.698. The van der Waals surface area contributed by atoms with Crippen LogP contribution in [0.2, 0.25) is 0 Å². The van der Waals surface area contributed by atoms with E-state index in [0.717, 1.165) is 35.2 Å². The number of nitrogens with one attached hydrogen (secondary N) is 1. The Hall–Kier alpha value is -1.23. The fourth-order valence-corrected chi connectivity index (χ4v) is 3.71. The lowest BCUT2D eigenvalue weighted by Gasteiger charge is -2.36. The number of carbonyl (C=O) groups is 1. The van der Waals surface area contributed by atoms with Crippen molar-refractivity contribution >= 4 is 23.0 Å². The van der Waals surface area contributed by atoms with Crippen LogP contribution in [0.3, 0.4) is 0 Å². The molecule has 1 amide bonds. The molecule has 122 valence electrons. The van der Waals surface area contributed by atoms with E-state index in [1.807, 2.05) is 12.3 Å². The lowest BCUT2D eigenvalue weighted by atomic mass is 9.69. The van der Waals surface area contributed by atoms with Gasteiger partial charge in [-0.25, -0.2) is 10.4 Å². The van der Waals surface area contributed by atoms with Crippen molar-refractivity contribution in [2.24, 2.45) is 16.4 Å². The third kappa shape index (κ3) is 4.63. The van der Waals surface area contributed by atoms with Gasteiger partial charge < -0.3 is 0 Å². The van der Waals surface area contributed by atoms with Crippen molar-refractivity contribution < 1.29 is 4.79 Å². The third-order valence-corrected chi connectivity index (χ3v) is 5.86. The van der Waals surface area contributed by atoms with E-state index < -0.39 is 0 Å². The second-order valence-electron chi connectivity index (χ2n) is 6.89. The number of aryl methyl sites for hydroxylation is 1. The average molecular weight is 321 g/mol. The Labute approximate surface area is 137 Å². The predicted octanol–water partition coefficient (Wildman–Crippen LogP) is 4.09. The Kier molecular flexibility index (Phi) is 5.73. The molecule has 0 atom stereocenters. The first kappa shape index (κ1) is 17.1. The quantitative estimate of drug-likeness (QED) is 0.830. The van der Waals surface area contributed by atoms with Gasteiger partial charge in [-0.15, -0.1) is 11.3 Å². The second kappa shape index (κ2) is 7.36. The molecule has 0 radical (unpaired) electrons. The lowest BCUT2D eigenvalue weighted by molar-refractivity contribution is -0.120. The molecule has 4 nitrogen and oxygen atoms in total.